The van der Waals surface area contributed by atoms with E-state index >= 15 is 0 Å². The molecule has 1 fully saturated rings. The fraction of sp³-hybridized carbons (Fsp3) is 0.200. The largest absolute Gasteiger partial charge is 0.483 e. The van der Waals surface area contributed by atoms with Crippen molar-refractivity contribution in [3.05, 3.63) is 103 Å². The van der Waals surface area contributed by atoms with E-state index in [1.165, 1.54) is 24.3 Å². The van der Waals surface area contributed by atoms with Crippen LogP contribution in [0, 0.1) is 12.8 Å². The topological polar surface area (TPSA) is 109 Å². The number of ether oxygens (including phenoxy) is 1. The average Bonchev–Trinajstić information content (AvgIpc) is 3.47. The number of benzene rings is 3. The van der Waals surface area contributed by atoms with Crippen LogP contribution in [0.5, 0.6) is 5.75 Å². The van der Waals surface area contributed by atoms with Gasteiger partial charge in [0.15, 0.2) is 6.61 Å². The molecule has 226 valence electrons. The molecule has 3 heterocycles. The third kappa shape index (κ3) is 5.51. The Morgan fingerprint density at radius 3 is 2.57 bits per heavy atom. The summed E-state index contributed by atoms with van der Waals surface area (Å²) in [5.74, 6) is -3.74. The van der Waals surface area contributed by atoms with Crippen LogP contribution in [-0.4, -0.2) is 34.6 Å². The standard InChI is InChI=1S/C30H21ClF3N3O5S2/c1-14-5-2-3-8-19(14)35-21(38)13-42-20-10-9-16(31)12-18(20)22-23-25(43-26-24(22)44-29(41)36-26)28(40)37(27(23)39)17-7-4-6-15(11-17)30(32,33)34/h2-12,22-23,25H,13H2,1H3,(H,35,38)(H,36,41)/t22-,23?,25?/m1/s1. The van der Waals surface area contributed by atoms with Crippen molar-refractivity contribution in [1.29, 1.82) is 0 Å². The third-order valence-corrected chi connectivity index (χ3v) is 9.98. The molecule has 2 aliphatic heterocycles. The van der Waals surface area contributed by atoms with Gasteiger partial charge in [-0.1, -0.05) is 59.0 Å². The van der Waals surface area contributed by atoms with E-state index < -0.39 is 58.0 Å². The number of halogens is 4. The summed E-state index contributed by atoms with van der Waals surface area (Å²) in [7, 11) is 0. The molecule has 3 aromatic carbocycles. The van der Waals surface area contributed by atoms with Crippen LogP contribution in [0.25, 0.3) is 0 Å². The first-order valence-corrected chi connectivity index (χ1v) is 15.2. The first kappa shape index (κ1) is 30.0. The van der Waals surface area contributed by atoms with E-state index in [-0.39, 0.29) is 16.5 Å². The number of hydrogen-bond donors (Lipinski definition) is 2. The maximum atomic E-state index is 14.0. The Balaban J connectivity index is 1.37. The van der Waals surface area contributed by atoms with Crippen LogP contribution in [0.3, 0.4) is 0 Å². The number of rotatable bonds is 6. The molecule has 3 amide bonds. The zero-order valence-corrected chi connectivity index (χ0v) is 25.0. The Labute approximate surface area is 261 Å². The summed E-state index contributed by atoms with van der Waals surface area (Å²) in [5, 5.41) is 2.34. The first-order valence-electron chi connectivity index (χ1n) is 13.1. The Bertz CT molecular complexity index is 1870. The number of aromatic amines is 1. The number of carbonyl (C=O) groups excluding carboxylic acids is 3. The number of anilines is 2. The normalized spacial score (nSPS) is 19.5. The van der Waals surface area contributed by atoms with Crippen molar-refractivity contribution in [1.82, 2.24) is 4.98 Å². The molecule has 6 rings (SSSR count). The molecule has 2 N–H and O–H groups in total. The van der Waals surface area contributed by atoms with E-state index in [1.54, 1.807) is 12.1 Å². The van der Waals surface area contributed by atoms with Crippen LogP contribution in [0.15, 0.2) is 76.6 Å². The van der Waals surface area contributed by atoms with Gasteiger partial charge in [-0.3, -0.25) is 19.2 Å². The molecular formula is C30H21ClF3N3O5S2. The highest BCUT2D eigenvalue weighted by atomic mass is 35.5. The number of aromatic nitrogens is 1. The maximum Gasteiger partial charge on any atom is 0.416 e. The fourth-order valence-electron chi connectivity index (χ4n) is 5.36. The number of aryl methyl sites for hydroxylation is 1. The average molecular weight is 660 g/mol. The number of amides is 3. The van der Waals surface area contributed by atoms with E-state index in [2.05, 4.69) is 10.3 Å². The Morgan fingerprint density at radius 1 is 1.05 bits per heavy atom. The zero-order valence-electron chi connectivity index (χ0n) is 22.6. The summed E-state index contributed by atoms with van der Waals surface area (Å²) in [5.41, 5.74) is 0.586. The van der Waals surface area contributed by atoms with Crippen molar-refractivity contribution < 1.29 is 32.3 Å². The number of thiazole rings is 1. The summed E-state index contributed by atoms with van der Waals surface area (Å²) in [4.78, 5) is 56.4. The van der Waals surface area contributed by atoms with Gasteiger partial charge in [0.05, 0.1) is 22.2 Å². The highest BCUT2D eigenvalue weighted by Gasteiger charge is 2.57. The van der Waals surface area contributed by atoms with E-state index in [0.717, 1.165) is 51.8 Å². The summed E-state index contributed by atoms with van der Waals surface area (Å²) < 4.78 is 46.4. The van der Waals surface area contributed by atoms with Gasteiger partial charge in [0, 0.05) is 27.1 Å². The van der Waals surface area contributed by atoms with Crippen molar-refractivity contribution in [2.75, 3.05) is 16.8 Å². The van der Waals surface area contributed by atoms with E-state index in [0.29, 0.717) is 21.2 Å². The van der Waals surface area contributed by atoms with Gasteiger partial charge in [0.2, 0.25) is 11.8 Å². The number of nitrogens with one attached hydrogen (secondary N) is 2. The number of thioether (sulfide) groups is 1. The van der Waals surface area contributed by atoms with Crippen LogP contribution in [0.2, 0.25) is 5.02 Å². The lowest BCUT2D eigenvalue weighted by Gasteiger charge is -2.31. The van der Waals surface area contributed by atoms with Gasteiger partial charge in [0.1, 0.15) is 11.0 Å². The molecule has 0 aliphatic carbocycles. The van der Waals surface area contributed by atoms with Gasteiger partial charge >= 0.3 is 11.0 Å². The lowest BCUT2D eigenvalue weighted by atomic mass is 9.82. The van der Waals surface area contributed by atoms with Crippen molar-refractivity contribution in [3.63, 3.8) is 0 Å². The first-order chi connectivity index (χ1) is 20.9. The van der Waals surface area contributed by atoms with Crippen LogP contribution in [-0.2, 0) is 20.6 Å². The minimum absolute atomic E-state index is 0.189. The highest BCUT2D eigenvalue weighted by molar-refractivity contribution is 8.00. The fourth-order valence-corrected chi connectivity index (χ4v) is 8.05. The van der Waals surface area contributed by atoms with Crippen molar-refractivity contribution in [3.8, 4) is 5.75 Å². The van der Waals surface area contributed by atoms with Gasteiger partial charge in [-0.2, -0.15) is 13.2 Å². The number of H-pyrrole nitrogens is 1. The number of carbonyl (C=O) groups is 3. The lowest BCUT2D eigenvalue weighted by molar-refractivity contribution is -0.137. The molecule has 1 aromatic heterocycles. The number of hydrogen-bond acceptors (Lipinski definition) is 7. The number of nitrogens with zero attached hydrogens (tertiary/aromatic N) is 1. The molecule has 14 heteroatoms. The second kappa shape index (κ2) is 11.5. The zero-order chi connectivity index (χ0) is 31.3. The van der Waals surface area contributed by atoms with Gasteiger partial charge in [0.25, 0.3) is 5.91 Å². The Kier molecular flexibility index (Phi) is 7.80. The van der Waals surface area contributed by atoms with Crippen molar-refractivity contribution in [2.24, 2.45) is 5.92 Å². The van der Waals surface area contributed by atoms with Gasteiger partial charge in [-0.15, -0.1) is 0 Å². The van der Waals surface area contributed by atoms with Crippen LogP contribution >= 0.6 is 34.7 Å². The van der Waals surface area contributed by atoms with E-state index in [9.17, 15) is 32.3 Å². The quantitative estimate of drug-likeness (QED) is 0.238. The maximum absolute atomic E-state index is 14.0. The summed E-state index contributed by atoms with van der Waals surface area (Å²) in [6.07, 6.45) is -4.69. The molecule has 0 spiro atoms. The van der Waals surface area contributed by atoms with Crippen LogP contribution < -0.4 is 19.8 Å². The molecule has 0 saturated carbocycles. The number of fused-ring (bicyclic) bond motifs is 2. The monoisotopic (exact) mass is 659 g/mol. The van der Waals surface area contributed by atoms with Crippen molar-refractivity contribution >= 4 is 63.8 Å². The molecule has 1 saturated heterocycles. The second-order valence-electron chi connectivity index (χ2n) is 10.1. The van der Waals surface area contributed by atoms with Crippen LogP contribution in [0.1, 0.15) is 27.5 Å². The van der Waals surface area contributed by atoms with Crippen LogP contribution in [0.4, 0.5) is 24.5 Å². The molecule has 4 aromatic rings. The molecule has 0 bridgehead atoms. The third-order valence-electron chi connectivity index (χ3n) is 7.34. The van der Waals surface area contributed by atoms with Gasteiger partial charge < -0.3 is 15.0 Å². The number of alkyl halides is 3. The minimum atomic E-state index is -4.69. The predicted octanol–water partition coefficient (Wildman–Crippen LogP) is 6.23. The molecule has 3 atom stereocenters. The van der Waals surface area contributed by atoms with Crippen molar-refractivity contribution in [2.45, 2.75) is 29.3 Å². The number of imide groups is 1. The predicted molar refractivity (Wildman–Crippen MR) is 161 cm³/mol. The molecule has 2 aliphatic rings. The van der Waals surface area contributed by atoms with Gasteiger partial charge in [-0.05, 0) is 55.0 Å². The summed E-state index contributed by atoms with van der Waals surface area (Å²) in [6.45, 7) is 1.44. The number of para-hydroxylation sites is 1. The lowest BCUT2D eigenvalue weighted by Crippen LogP contribution is -2.32. The highest BCUT2D eigenvalue weighted by Crippen LogP contribution is 2.55. The minimum Gasteiger partial charge on any atom is -0.483 e. The molecule has 8 nitrogen and oxygen atoms in total. The Morgan fingerprint density at radius 2 is 1.82 bits per heavy atom. The molecule has 44 heavy (non-hydrogen) atoms. The summed E-state index contributed by atoms with van der Waals surface area (Å²) in [6, 6.07) is 15.8. The SMILES string of the molecule is Cc1ccccc1NC(=O)COc1ccc(Cl)cc1[C@H]1c2sc(=O)[nH]c2SC2C(=O)N(c3cccc(C(F)(F)F)c3)C(=O)C21. The second-order valence-corrected chi connectivity index (χ2v) is 12.7. The van der Waals surface area contributed by atoms with E-state index in [4.69, 9.17) is 16.3 Å². The smallest absolute Gasteiger partial charge is 0.416 e. The molecule has 2 unspecified atom stereocenters. The van der Waals surface area contributed by atoms with E-state index in [1.807, 2.05) is 19.1 Å². The molecule has 0 radical (unpaired) electrons. The molecular weight excluding hydrogens is 639 g/mol. The summed E-state index contributed by atoms with van der Waals surface area (Å²) >= 11 is 8.20. The van der Waals surface area contributed by atoms with Gasteiger partial charge in [-0.25, -0.2) is 4.90 Å². The Hall–Kier alpha value is -4.07.